The molecule has 0 saturated carbocycles. The summed E-state index contributed by atoms with van der Waals surface area (Å²) in [7, 11) is 0.891. The summed E-state index contributed by atoms with van der Waals surface area (Å²) in [5.41, 5.74) is 0. The van der Waals surface area contributed by atoms with E-state index in [4.69, 9.17) is 4.43 Å². The molecule has 2 heteroatoms. The van der Waals surface area contributed by atoms with Crippen LogP contribution in [0, 0.1) is 5.92 Å². The number of rotatable bonds is 6. The molecule has 0 aliphatic heterocycles. The van der Waals surface area contributed by atoms with Gasteiger partial charge in [-0.25, -0.2) is 0 Å². The fourth-order valence-corrected chi connectivity index (χ4v) is 2.26. The molecular formula is C9H22OSi. The lowest BCUT2D eigenvalue weighted by molar-refractivity contribution is 0.139. The minimum atomic E-state index is 0.548. The third-order valence-electron chi connectivity index (χ3n) is 2.25. The van der Waals surface area contributed by atoms with Crippen LogP contribution in [0.3, 0.4) is 0 Å². The lowest BCUT2D eigenvalue weighted by atomic mass is 9.96. The van der Waals surface area contributed by atoms with Crippen LogP contribution in [0.4, 0.5) is 0 Å². The molecule has 0 bridgehead atoms. The Morgan fingerprint density at radius 2 is 1.73 bits per heavy atom. The highest BCUT2D eigenvalue weighted by atomic mass is 28.2. The van der Waals surface area contributed by atoms with Gasteiger partial charge in [-0.3, -0.25) is 0 Å². The van der Waals surface area contributed by atoms with E-state index >= 15 is 0 Å². The van der Waals surface area contributed by atoms with E-state index in [0.29, 0.717) is 6.10 Å². The van der Waals surface area contributed by atoms with Gasteiger partial charge in [0.15, 0.2) is 0 Å². The van der Waals surface area contributed by atoms with Crippen molar-refractivity contribution in [3.8, 4) is 0 Å². The van der Waals surface area contributed by atoms with Crippen molar-refractivity contribution in [1.82, 2.24) is 0 Å². The van der Waals surface area contributed by atoms with E-state index in [2.05, 4.69) is 20.8 Å². The summed E-state index contributed by atoms with van der Waals surface area (Å²) < 4.78 is 5.54. The van der Waals surface area contributed by atoms with Crippen LogP contribution in [-0.2, 0) is 4.43 Å². The third-order valence-corrected chi connectivity index (χ3v) is 2.86. The van der Waals surface area contributed by atoms with Gasteiger partial charge in [0.25, 0.3) is 0 Å². The van der Waals surface area contributed by atoms with Gasteiger partial charge in [0, 0.05) is 6.10 Å². The summed E-state index contributed by atoms with van der Waals surface area (Å²) in [5.74, 6) is 0.762. The fraction of sp³-hybridized carbons (Fsp3) is 1.00. The first-order valence-corrected chi connectivity index (χ1v) is 5.60. The van der Waals surface area contributed by atoms with Gasteiger partial charge in [-0.1, -0.05) is 33.6 Å². The molecule has 1 nitrogen and oxygen atoms in total. The lowest BCUT2D eigenvalue weighted by Crippen LogP contribution is -2.20. The van der Waals surface area contributed by atoms with Crippen LogP contribution >= 0.6 is 0 Å². The average molecular weight is 174 g/mol. The maximum absolute atomic E-state index is 5.54. The highest BCUT2D eigenvalue weighted by Crippen LogP contribution is 2.16. The predicted molar refractivity (Wildman–Crippen MR) is 53.8 cm³/mol. The average Bonchev–Trinajstić information content (AvgIpc) is 2.00. The molecule has 0 fully saturated rings. The van der Waals surface area contributed by atoms with E-state index in [-0.39, 0.29) is 0 Å². The van der Waals surface area contributed by atoms with E-state index < -0.39 is 0 Å². The van der Waals surface area contributed by atoms with Crippen molar-refractivity contribution < 1.29 is 4.43 Å². The van der Waals surface area contributed by atoms with Gasteiger partial charge in [-0.15, -0.1) is 0 Å². The van der Waals surface area contributed by atoms with E-state index in [1.54, 1.807) is 0 Å². The summed E-state index contributed by atoms with van der Waals surface area (Å²) in [6.07, 6.45) is 5.64. The second kappa shape index (κ2) is 6.86. The largest absolute Gasteiger partial charge is 0.425 e. The molecule has 0 heterocycles. The predicted octanol–water partition coefficient (Wildman–Crippen LogP) is 1.89. The van der Waals surface area contributed by atoms with E-state index in [1.165, 1.54) is 25.7 Å². The SMILES string of the molecule is CCCC(C)C(CCC)O[SiH3]. The molecule has 2 unspecified atom stereocenters. The van der Waals surface area contributed by atoms with Gasteiger partial charge >= 0.3 is 0 Å². The van der Waals surface area contributed by atoms with Gasteiger partial charge < -0.3 is 4.43 Å². The topological polar surface area (TPSA) is 9.23 Å². The molecule has 0 spiro atoms. The molecule has 0 saturated heterocycles. The highest BCUT2D eigenvalue weighted by molar-refractivity contribution is 5.98. The molecule has 68 valence electrons. The number of hydrogen-bond acceptors (Lipinski definition) is 1. The molecule has 0 amide bonds. The molecule has 0 rings (SSSR count). The van der Waals surface area contributed by atoms with Crippen molar-refractivity contribution in [2.24, 2.45) is 5.92 Å². The van der Waals surface area contributed by atoms with Crippen LogP contribution < -0.4 is 0 Å². The Morgan fingerprint density at radius 1 is 1.18 bits per heavy atom. The first kappa shape index (κ1) is 11.2. The van der Waals surface area contributed by atoms with Crippen LogP contribution in [0.1, 0.15) is 46.5 Å². The molecule has 0 aromatic heterocycles. The Labute approximate surface area is 74.1 Å². The Kier molecular flexibility index (Phi) is 6.97. The summed E-state index contributed by atoms with van der Waals surface area (Å²) in [4.78, 5) is 0. The van der Waals surface area contributed by atoms with Gasteiger partial charge in [-0.2, -0.15) is 0 Å². The second-order valence-electron chi connectivity index (χ2n) is 3.33. The highest BCUT2D eigenvalue weighted by Gasteiger charge is 2.13. The van der Waals surface area contributed by atoms with Gasteiger partial charge in [0.05, 0.1) is 0 Å². The summed E-state index contributed by atoms with van der Waals surface area (Å²) in [5, 5.41) is 0. The number of hydrogen-bond donors (Lipinski definition) is 0. The molecule has 0 radical (unpaired) electrons. The fourth-order valence-electron chi connectivity index (χ4n) is 1.56. The van der Waals surface area contributed by atoms with Crippen LogP contribution in [0.25, 0.3) is 0 Å². The molecule has 0 aromatic rings. The molecular weight excluding hydrogens is 152 g/mol. The van der Waals surface area contributed by atoms with E-state index in [0.717, 1.165) is 16.4 Å². The van der Waals surface area contributed by atoms with Crippen molar-refractivity contribution in [3.63, 3.8) is 0 Å². The molecule has 11 heavy (non-hydrogen) atoms. The van der Waals surface area contributed by atoms with E-state index in [9.17, 15) is 0 Å². The quantitative estimate of drug-likeness (QED) is 0.559. The van der Waals surface area contributed by atoms with Crippen LogP contribution in [0.15, 0.2) is 0 Å². The first-order chi connectivity index (χ1) is 5.26. The maximum Gasteiger partial charge on any atom is 0.146 e. The third kappa shape index (κ3) is 4.59. The molecule has 2 atom stereocenters. The van der Waals surface area contributed by atoms with Crippen LogP contribution in [0.2, 0.25) is 0 Å². The smallest absolute Gasteiger partial charge is 0.146 e. The summed E-state index contributed by atoms with van der Waals surface area (Å²) in [6, 6.07) is 0. The van der Waals surface area contributed by atoms with Crippen molar-refractivity contribution >= 4 is 10.5 Å². The first-order valence-electron chi connectivity index (χ1n) is 4.79. The zero-order chi connectivity index (χ0) is 8.69. The van der Waals surface area contributed by atoms with Gasteiger partial charge in [0.1, 0.15) is 10.5 Å². The minimum absolute atomic E-state index is 0.548. The second-order valence-corrected chi connectivity index (χ2v) is 3.80. The van der Waals surface area contributed by atoms with Crippen LogP contribution in [-0.4, -0.2) is 16.6 Å². The van der Waals surface area contributed by atoms with Crippen LogP contribution in [0.5, 0.6) is 0 Å². The van der Waals surface area contributed by atoms with Crippen molar-refractivity contribution in [2.45, 2.75) is 52.6 Å². The monoisotopic (exact) mass is 174 g/mol. The molecule has 0 N–H and O–H groups in total. The lowest BCUT2D eigenvalue weighted by Gasteiger charge is -2.22. The summed E-state index contributed by atoms with van der Waals surface area (Å²) >= 11 is 0. The van der Waals surface area contributed by atoms with Gasteiger partial charge in [-0.05, 0) is 18.8 Å². The Balaban J connectivity index is 3.61. The summed E-state index contributed by atoms with van der Waals surface area (Å²) in [6.45, 7) is 6.78. The standard InChI is InChI=1S/C9H22OSi/c1-4-6-8(3)9(10-11)7-5-2/h8-9H,4-7H2,1-3,11H3. The zero-order valence-corrected chi connectivity index (χ0v) is 10.4. The van der Waals surface area contributed by atoms with E-state index in [1.807, 2.05) is 0 Å². The molecule has 0 aliphatic carbocycles. The maximum atomic E-state index is 5.54. The van der Waals surface area contributed by atoms with Crippen molar-refractivity contribution in [2.75, 3.05) is 0 Å². The Bertz CT molecular complexity index is 85.6. The van der Waals surface area contributed by atoms with Crippen molar-refractivity contribution in [3.05, 3.63) is 0 Å². The Morgan fingerprint density at radius 3 is 2.09 bits per heavy atom. The molecule has 0 aromatic carbocycles. The van der Waals surface area contributed by atoms with Gasteiger partial charge in [0.2, 0.25) is 0 Å². The normalized spacial score (nSPS) is 16.6. The van der Waals surface area contributed by atoms with Crippen molar-refractivity contribution in [1.29, 1.82) is 0 Å². The zero-order valence-electron chi connectivity index (χ0n) is 8.39. The Hall–Kier alpha value is 0.177. The minimum Gasteiger partial charge on any atom is -0.425 e. The molecule has 0 aliphatic rings.